The van der Waals surface area contributed by atoms with Gasteiger partial charge < -0.3 is 9.80 Å². The van der Waals surface area contributed by atoms with Gasteiger partial charge in [0.2, 0.25) is 0 Å². The standard InChI is InChI=1S/C22H27N5/c1-4-17-12-21(26-11-10-16(15-26)14-25(3)5-2)27-20-9-7-6-8-19(20)24-22(27)18(17)13-23/h6-9,12,16H,4-5,10-11,14-15H2,1-3H3/t16-/m0/s1. The van der Waals surface area contributed by atoms with Gasteiger partial charge in [0, 0.05) is 19.6 Å². The number of aromatic nitrogens is 2. The number of para-hydroxylation sites is 2. The van der Waals surface area contributed by atoms with Crippen LogP contribution in [0.5, 0.6) is 0 Å². The minimum absolute atomic E-state index is 0.681. The van der Waals surface area contributed by atoms with E-state index in [0.717, 1.165) is 54.8 Å². The van der Waals surface area contributed by atoms with Crippen molar-refractivity contribution in [1.82, 2.24) is 14.3 Å². The maximum Gasteiger partial charge on any atom is 0.157 e. The molecule has 1 fully saturated rings. The SMILES string of the molecule is CCc1cc(N2CC[C@@H](CN(C)CC)C2)n2c(nc3ccccc32)c1C#N. The Hall–Kier alpha value is -2.58. The molecule has 4 rings (SSSR count). The normalized spacial score (nSPS) is 17.3. The third-order valence-electron chi connectivity index (χ3n) is 5.85. The third-order valence-corrected chi connectivity index (χ3v) is 5.85. The predicted octanol–water partition coefficient (Wildman–Crippen LogP) is 3.70. The highest BCUT2D eigenvalue weighted by Crippen LogP contribution is 2.32. The lowest BCUT2D eigenvalue weighted by molar-refractivity contribution is 0.300. The topological polar surface area (TPSA) is 47.6 Å². The van der Waals surface area contributed by atoms with E-state index >= 15 is 0 Å². The van der Waals surface area contributed by atoms with Crippen LogP contribution in [-0.2, 0) is 6.42 Å². The number of rotatable bonds is 5. The molecule has 1 aliphatic heterocycles. The fourth-order valence-electron chi connectivity index (χ4n) is 4.25. The number of imidazole rings is 1. The lowest BCUT2D eigenvalue weighted by Crippen LogP contribution is -2.28. The summed E-state index contributed by atoms with van der Waals surface area (Å²) >= 11 is 0. The predicted molar refractivity (Wildman–Crippen MR) is 110 cm³/mol. The van der Waals surface area contributed by atoms with E-state index in [-0.39, 0.29) is 0 Å². The molecule has 0 N–H and O–H groups in total. The van der Waals surface area contributed by atoms with Crippen molar-refractivity contribution < 1.29 is 0 Å². The Morgan fingerprint density at radius 3 is 2.85 bits per heavy atom. The summed E-state index contributed by atoms with van der Waals surface area (Å²) < 4.78 is 2.19. The van der Waals surface area contributed by atoms with Crippen molar-refractivity contribution in [2.75, 3.05) is 38.1 Å². The minimum Gasteiger partial charge on any atom is -0.357 e. The molecule has 1 saturated heterocycles. The van der Waals surface area contributed by atoms with Crippen LogP contribution in [0.2, 0.25) is 0 Å². The fourth-order valence-corrected chi connectivity index (χ4v) is 4.25. The Kier molecular flexibility index (Phi) is 4.75. The van der Waals surface area contributed by atoms with Gasteiger partial charge in [-0.25, -0.2) is 4.98 Å². The van der Waals surface area contributed by atoms with Crippen molar-refractivity contribution in [3.05, 3.63) is 41.5 Å². The molecule has 0 bridgehead atoms. The van der Waals surface area contributed by atoms with Crippen LogP contribution >= 0.6 is 0 Å². The Morgan fingerprint density at radius 1 is 1.30 bits per heavy atom. The van der Waals surface area contributed by atoms with Crippen molar-refractivity contribution in [1.29, 1.82) is 5.26 Å². The summed E-state index contributed by atoms with van der Waals surface area (Å²) in [5.74, 6) is 1.86. The van der Waals surface area contributed by atoms with Crippen LogP contribution in [-0.4, -0.2) is 47.5 Å². The van der Waals surface area contributed by atoms with Gasteiger partial charge in [-0.3, -0.25) is 4.40 Å². The molecule has 0 amide bonds. The van der Waals surface area contributed by atoms with E-state index in [4.69, 9.17) is 4.98 Å². The molecular weight excluding hydrogens is 334 g/mol. The number of aryl methyl sites for hydroxylation is 1. The molecule has 5 heteroatoms. The van der Waals surface area contributed by atoms with Crippen molar-refractivity contribution in [3.63, 3.8) is 0 Å². The number of hydrogen-bond donors (Lipinski definition) is 0. The lowest BCUT2D eigenvalue weighted by Gasteiger charge is -2.23. The van der Waals surface area contributed by atoms with Crippen molar-refractivity contribution in [2.45, 2.75) is 26.7 Å². The summed E-state index contributed by atoms with van der Waals surface area (Å²) in [5, 5.41) is 9.77. The number of hydrogen-bond acceptors (Lipinski definition) is 4. The second-order valence-electron chi connectivity index (χ2n) is 7.58. The Labute approximate surface area is 160 Å². The van der Waals surface area contributed by atoms with Gasteiger partial charge >= 0.3 is 0 Å². The summed E-state index contributed by atoms with van der Waals surface area (Å²) in [6, 6.07) is 12.8. The van der Waals surface area contributed by atoms with E-state index in [1.807, 2.05) is 18.2 Å². The zero-order valence-corrected chi connectivity index (χ0v) is 16.4. The molecule has 27 heavy (non-hydrogen) atoms. The second kappa shape index (κ2) is 7.21. The summed E-state index contributed by atoms with van der Waals surface area (Å²) in [6.45, 7) is 8.66. The summed E-state index contributed by atoms with van der Waals surface area (Å²) in [7, 11) is 2.20. The molecule has 1 aromatic carbocycles. The highest BCUT2D eigenvalue weighted by Gasteiger charge is 2.27. The molecule has 5 nitrogen and oxygen atoms in total. The maximum atomic E-state index is 9.77. The van der Waals surface area contributed by atoms with Gasteiger partial charge in [0.25, 0.3) is 0 Å². The summed E-state index contributed by atoms with van der Waals surface area (Å²) in [4.78, 5) is 9.69. The quantitative estimate of drug-likeness (QED) is 0.695. The highest BCUT2D eigenvalue weighted by atomic mass is 15.3. The molecule has 0 aliphatic carbocycles. The maximum absolute atomic E-state index is 9.77. The van der Waals surface area contributed by atoms with Crippen LogP contribution in [0.15, 0.2) is 30.3 Å². The number of pyridine rings is 1. The van der Waals surface area contributed by atoms with Gasteiger partial charge in [-0.15, -0.1) is 0 Å². The molecule has 1 aliphatic rings. The van der Waals surface area contributed by atoms with Crippen LogP contribution < -0.4 is 4.90 Å². The van der Waals surface area contributed by atoms with E-state index in [2.05, 4.69) is 53.3 Å². The molecular formula is C22H27N5. The van der Waals surface area contributed by atoms with Gasteiger partial charge in [-0.2, -0.15) is 5.26 Å². The van der Waals surface area contributed by atoms with Crippen LogP contribution in [0.1, 0.15) is 31.4 Å². The monoisotopic (exact) mass is 361 g/mol. The first-order chi connectivity index (χ1) is 13.2. The fraction of sp³-hybridized carbons (Fsp3) is 0.455. The van der Waals surface area contributed by atoms with Crippen molar-refractivity contribution in [3.8, 4) is 6.07 Å². The molecule has 0 spiro atoms. The minimum atomic E-state index is 0.681. The molecule has 0 unspecified atom stereocenters. The van der Waals surface area contributed by atoms with Crippen LogP contribution in [0, 0.1) is 17.2 Å². The van der Waals surface area contributed by atoms with E-state index < -0.39 is 0 Å². The Morgan fingerprint density at radius 2 is 2.11 bits per heavy atom. The van der Waals surface area contributed by atoms with Crippen LogP contribution in [0.3, 0.4) is 0 Å². The summed E-state index contributed by atoms with van der Waals surface area (Å²) in [6.07, 6.45) is 2.05. The molecule has 0 saturated carbocycles. The lowest BCUT2D eigenvalue weighted by atomic mass is 10.1. The first-order valence-corrected chi connectivity index (χ1v) is 9.92. The highest BCUT2D eigenvalue weighted by molar-refractivity contribution is 5.85. The zero-order valence-electron chi connectivity index (χ0n) is 16.4. The van der Waals surface area contributed by atoms with E-state index in [0.29, 0.717) is 11.5 Å². The molecule has 3 heterocycles. The summed E-state index contributed by atoms with van der Waals surface area (Å²) in [5.41, 5.74) is 4.62. The molecule has 1 atom stereocenters. The molecule has 2 aromatic heterocycles. The van der Waals surface area contributed by atoms with Gasteiger partial charge in [0.1, 0.15) is 11.9 Å². The smallest absolute Gasteiger partial charge is 0.157 e. The van der Waals surface area contributed by atoms with Crippen LogP contribution in [0.25, 0.3) is 16.7 Å². The molecule has 0 radical (unpaired) electrons. The number of benzene rings is 1. The van der Waals surface area contributed by atoms with Crippen molar-refractivity contribution in [2.24, 2.45) is 5.92 Å². The van der Waals surface area contributed by atoms with Gasteiger partial charge in [0.15, 0.2) is 5.65 Å². The Bertz CT molecular complexity index is 1010. The van der Waals surface area contributed by atoms with Crippen molar-refractivity contribution >= 4 is 22.5 Å². The largest absolute Gasteiger partial charge is 0.357 e. The second-order valence-corrected chi connectivity index (χ2v) is 7.58. The van der Waals surface area contributed by atoms with E-state index in [9.17, 15) is 5.26 Å². The zero-order chi connectivity index (χ0) is 19.0. The number of fused-ring (bicyclic) bond motifs is 3. The average molecular weight is 361 g/mol. The number of anilines is 1. The van der Waals surface area contributed by atoms with E-state index in [1.54, 1.807) is 0 Å². The Balaban J connectivity index is 1.84. The average Bonchev–Trinajstić information content (AvgIpc) is 3.31. The molecule has 140 valence electrons. The third kappa shape index (κ3) is 3.04. The van der Waals surface area contributed by atoms with Gasteiger partial charge in [-0.1, -0.05) is 26.0 Å². The number of nitrogens with zero attached hydrogens (tertiary/aromatic N) is 5. The van der Waals surface area contributed by atoms with Gasteiger partial charge in [0.05, 0.1) is 16.6 Å². The first kappa shape index (κ1) is 17.8. The van der Waals surface area contributed by atoms with Gasteiger partial charge in [-0.05, 0) is 56.1 Å². The molecule has 3 aromatic rings. The van der Waals surface area contributed by atoms with Crippen LogP contribution in [0.4, 0.5) is 5.82 Å². The van der Waals surface area contributed by atoms with E-state index in [1.165, 1.54) is 12.2 Å². The first-order valence-electron chi connectivity index (χ1n) is 9.92. The number of nitriles is 1.